The van der Waals surface area contributed by atoms with Crippen LogP contribution in [-0.2, 0) is 26.3 Å². The molecule has 0 spiro atoms. The van der Waals surface area contributed by atoms with E-state index in [1.807, 2.05) is 26.0 Å². The topological polar surface area (TPSA) is 121 Å². The molecule has 2 aromatic rings. The van der Waals surface area contributed by atoms with E-state index < -0.39 is 22.1 Å². The van der Waals surface area contributed by atoms with E-state index in [9.17, 15) is 27.4 Å². The zero-order valence-electron chi connectivity index (χ0n) is 17.8. The van der Waals surface area contributed by atoms with Crippen LogP contribution in [0.1, 0.15) is 64.7 Å². The van der Waals surface area contributed by atoms with Crippen LogP contribution in [0.3, 0.4) is 0 Å². The van der Waals surface area contributed by atoms with Crippen molar-refractivity contribution >= 4 is 27.8 Å². The summed E-state index contributed by atoms with van der Waals surface area (Å²) in [7, 11) is -4.32. The number of benzene rings is 2. The van der Waals surface area contributed by atoms with E-state index in [0.717, 1.165) is 22.3 Å². The first-order chi connectivity index (χ1) is 15.1. The minimum absolute atomic E-state index is 0.137. The summed E-state index contributed by atoms with van der Waals surface area (Å²) in [6, 6.07) is 9.37. The average Bonchev–Trinajstić information content (AvgIpc) is 3.05. The number of aryl methyl sites for hydroxylation is 1. The molecule has 2 aliphatic heterocycles. The molecule has 4 rings (SSSR count). The molecule has 1 saturated heterocycles. The van der Waals surface area contributed by atoms with Gasteiger partial charge in [-0.25, -0.2) is 0 Å². The molecule has 3 amide bonds. The van der Waals surface area contributed by atoms with E-state index in [0.29, 0.717) is 18.4 Å². The molecule has 2 N–H and O–H groups in total. The van der Waals surface area contributed by atoms with Crippen molar-refractivity contribution in [1.82, 2.24) is 10.2 Å². The fraction of sp³-hybridized carbons (Fsp3) is 0.348. The van der Waals surface area contributed by atoms with E-state index in [1.165, 1.54) is 17.0 Å². The Bertz CT molecular complexity index is 1240. The van der Waals surface area contributed by atoms with E-state index >= 15 is 0 Å². The van der Waals surface area contributed by atoms with Crippen LogP contribution >= 0.6 is 0 Å². The lowest BCUT2D eigenvalue weighted by Gasteiger charge is -2.29. The Morgan fingerprint density at radius 2 is 1.91 bits per heavy atom. The summed E-state index contributed by atoms with van der Waals surface area (Å²) in [6.45, 7) is 4.14. The maximum atomic E-state index is 12.9. The van der Waals surface area contributed by atoms with Crippen molar-refractivity contribution in [3.05, 3.63) is 64.2 Å². The molecule has 0 saturated carbocycles. The van der Waals surface area contributed by atoms with Crippen molar-refractivity contribution in [3.63, 3.8) is 0 Å². The predicted molar refractivity (Wildman–Crippen MR) is 116 cm³/mol. The van der Waals surface area contributed by atoms with Crippen LogP contribution in [0, 0.1) is 6.92 Å². The highest BCUT2D eigenvalue weighted by Crippen LogP contribution is 2.35. The summed E-state index contributed by atoms with van der Waals surface area (Å²) in [5.74, 6) is -1.15. The van der Waals surface area contributed by atoms with Crippen LogP contribution in [0.15, 0.2) is 41.3 Å². The third kappa shape index (κ3) is 3.93. The van der Waals surface area contributed by atoms with E-state index in [2.05, 4.69) is 5.32 Å². The molecule has 1 fully saturated rings. The molecule has 0 bridgehead atoms. The molecule has 0 radical (unpaired) electrons. The van der Waals surface area contributed by atoms with Gasteiger partial charge in [-0.1, -0.05) is 25.1 Å². The van der Waals surface area contributed by atoms with Gasteiger partial charge in [-0.3, -0.25) is 24.3 Å². The molecule has 168 valence electrons. The zero-order chi connectivity index (χ0) is 23.2. The summed E-state index contributed by atoms with van der Waals surface area (Å²) in [5.41, 5.74) is 3.91. The maximum Gasteiger partial charge on any atom is 0.294 e. The normalized spacial score (nSPS) is 19.7. The molecule has 9 heteroatoms. The van der Waals surface area contributed by atoms with Crippen LogP contribution in [0.2, 0.25) is 0 Å². The van der Waals surface area contributed by atoms with Crippen molar-refractivity contribution < 1.29 is 27.4 Å². The lowest BCUT2D eigenvalue weighted by molar-refractivity contribution is -0.136. The Kier molecular flexibility index (Phi) is 5.64. The Morgan fingerprint density at radius 3 is 2.56 bits per heavy atom. The van der Waals surface area contributed by atoms with Gasteiger partial charge in [-0.15, -0.1) is 0 Å². The van der Waals surface area contributed by atoms with Gasteiger partial charge in [-0.05, 0) is 60.2 Å². The number of nitrogens with one attached hydrogen (secondary N) is 1. The fourth-order valence-electron chi connectivity index (χ4n) is 4.60. The highest BCUT2D eigenvalue weighted by molar-refractivity contribution is 7.85. The number of hydrogen-bond acceptors (Lipinski definition) is 5. The van der Waals surface area contributed by atoms with Gasteiger partial charge in [0.05, 0.1) is 4.90 Å². The Morgan fingerprint density at radius 1 is 1.16 bits per heavy atom. The first kappa shape index (κ1) is 22.2. The van der Waals surface area contributed by atoms with E-state index in [4.69, 9.17) is 0 Å². The number of imide groups is 1. The van der Waals surface area contributed by atoms with E-state index in [-0.39, 0.29) is 35.6 Å². The average molecular weight is 457 g/mol. The summed E-state index contributed by atoms with van der Waals surface area (Å²) >= 11 is 0. The molecule has 0 aromatic heterocycles. The number of amides is 3. The Labute approximate surface area is 186 Å². The quantitative estimate of drug-likeness (QED) is 0.527. The van der Waals surface area contributed by atoms with Crippen LogP contribution in [0.4, 0.5) is 0 Å². The van der Waals surface area contributed by atoms with Gasteiger partial charge in [0.25, 0.3) is 16.0 Å². The van der Waals surface area contributed by atoms with Crippen LogP contribution < -0.4 is 5.32 Å². The lowest BCUT2D eigenvalue weighted by Crippen LogP contribution is -2.52. The highest BCUT2D eigenvalue weighted by Gasteiger charge is 2.39. The minimum atomic E-state index is -4.32. The summed E-state index contributed by atoms with van der Waals surface area (Å²) in [6.07, 6.45) is 1.18. The largest absolute Gasteiger partial charge is 0.322 e. The zero-order valence-corrected chi connectivity index (χ0v) is 18.6. The number of carbonyl (C=O) groups excluding carboxylic acids is 3. The number of piperidine rings is 1. The van der Waals surface area contributed by atoms with Crippen LogP contribution in [-0.4, -0.2) is 41.6 Å². The van der Waals surface area contributed by atoms with Gasteiger partial charge in [0.15, 0.2) is 0 Å². The Balaban J connectivity index is 1.67. The van der Waals surface area contributed by atoms with E-state index in [1.54, 1.807) is 12.1 Å². The number of rotatable bonds is 5. The third-order valence-electron chi connectivity index (χ3n) is 6.28. The summed E-state index contributed by atoms with van der Waals surface area (Å²) < 4.78 is 32.7. The monoisotopic (exact) mass is 456 g/mol. The standard InChI is InChI=1S/C23H24N2O6S/c1-3-17(19-11-16(32(29,30)31)6-4-13(19)2)14-5-7-18-15(10-14)12-25(23(18)28)20-8-9-21(26)24-22(20)27/h4-7,10-11,17,20H,3,8-9,12H2,1-2H3,(H,24,26,27)(H,29,30,31). The summed E-state index contributed by atoms with van der Waals surface area (Å²) in [5, 5.41) is 2.30. The van der Waals surface area contributed by atoms with Crippen molar-refractivity contribution in [3.8, 4) is 0 Å². The van der Waals surface area contributed by atoms with Gasteiger partial charge in [0, 0.05) is 24.4 Å². The number of nitrogens with zero attached hydrogens (tertiary/aromatic N) is 1. The molecule has 32 heavy (non-hydrogen) atoms. The first-order valence-corrected chi connectivity index (χ1v) is 11.9. The fourth-order valence-corrected chi connectivity index (χ4v) is 5.12. The van der Waals surface area contributed by atoms with Gasteiger partial charge in [0.2, 0.25) is 11.8 Å². The van der Waals surface area contributed by atoms with Gasteiger partial charge in [-0.2, -0.15) is 8.42 Å². The lowest BCUT2D eigenvalue weighted by atomic mass is 9.85. The number of hydrogen-bond donors (Lipinski definition) is 2. The smallest absolute Gasteiger partial charge is 0.294 e. The minimum Gasteiger partial charge on any atom is -0.322 e. The second-order valence-electron chi connectivity index (χ2n) is 8.27. The molecule has 8 nitrogen and oxygen atoms in total. The van der Waals surface area contributed by atoms with Crippen molar-refractivity contribution in [2.75, 3.05) is 0 Å². The molecular weight excluding hydrogens is 432 g/mol. The first-order valence-electron chi connectivity index (χ1n) is 10.5. The molecule has 2 aromatic carbocycles. The molecule has 2 atom stereocenters. The molecular formula is C23H24N2O6S. The van der Waals surface area contributed by atoms with Crippen LogP contribution in [0.25, 0.3) is 0 Å². The second kappa shape index (κ2) is 8.14. The second-order valence-corrected chi connectivity index (χ2v) is 9.69. The molecule has 2 heterocycles. The van der Waals surface area contributed by atoms with Crippen molar-refractivity contribution in [2.24, 2.45) is 0 Å². The van der Waals surface area contributed by atoms with Crippen LogP contribution in [0.5, 0.6) is 0 Å². The van der Waals surface area contributed by atoms with Gasteiger partial charge < -0.3 is 4.90 Å². The summed E-state index contributed by atoms with van der Waals surface area (Å²) in [4.78, 5) is 38.0. The number of carbonyl (C=O) groups is 3. The van der Waals surface area contributed by atoms with Crippen molar-refractivity contribution in [2.45, 2.75) is 56.5 Å². The van der Waals surface area contributed by atoms with Crippen molar-refractivity contribution in [1.29, 1.82) is 0 Å². The number of fused-ring (bicyclic) bond motifs is 1. The highest BCUT2D eigenvalue weighted by atomic mass is 32.2. The molecule has 2 unspecified atom stereocenters. The maximum absolute atomic E-state index is 12.9. The Hall–Kier alpha value is -3.04. The molecule has 2 aliphatic rings. The van der Waals surface area contributed by atoms with Gasteiger partial charge >= 0.3 is 0 Å². The molecule has 0 aliphatic carbocycles. The predicted octanol–water partition coefficient (Wildman–Crippen LogP) is 2.54. The SMILES string of the molecule is CCC(c1ccc2c(c1)CN(C1CCC(=O)NC1=O)C2=O)c1cc(S(=O)(=O)O)ccc1C. The van der Waals surface area contributed by atoms with Gasteiger partial charge in [0.1, 0.15) is 6.04 Å². The third-order valence-corrected chi connectivity index (χ3v) is 7.13.